The Morgan fingerprint density at radius 3 is 2.79 bits per heavy atom. The fraction of sp³-hybridized carbons (Fsp3) is 0.389. The summed E-state index contributed by atoms with van der Waals surface area (Å²) in [6.07, 6.45) is 4.18. The van der Waals surface area contributed by atoms with E-state index in [1.165, 1.54) is 11.8 Å². The largest absolute Gasteiger partial charge is 0.333 e. The molecular weight excluding hydrogens is 322 g/mol. The van der Waals surface area contributed by atoms with Crippen LogP contribution in [-0.4, -0.2) is 38.0 Å². The number of thioether (sulfide) groups is 1. The van der Waals surface area contributed by atoms with Crippen molar-refractivity contribution >= 4 is 22.8 Å². The number of nitrogens with zero attached hydrogens (tertiary/aromatic N) is 3. The second kappa shape index (κ2) is 7.66. The summed E-state index contributed by atoms with van der Waals surface area (Å²) in [4.78, 5) is 25.7. The van der Waals surface area contributed by atoms with Crippen LogP contribution in [0.15, 0.2) is 48.8 Å². The molecule has 1 fully saturated rings. The van der Waals surface area contributed by atoms with Crippen molar-refractivity contribution in [2.75, 3.05) is 12.3 Å². The van der Waals surface area contributed by atoms with Crippen LogP contribution in [0.25, 0.3) is 0 Å². The number of likely N-dealkylation sites (tertiary alicyclic amines) is 1. The first kappa shape index (κ1) is 16.8. The molecule has 126 valence electrons. The minimum atomic E-state index is -0.0362. The van der Waals surface area contributed by atoms with Gasteiger partial charge in [0.25, 0.3) is 0 Å². The zero-order valence-corrected chi connectivity index (χ0v) is 14.5. The molecule has 5 nitrogen and oxygen atoms in total. The lowest BCUT2D eigenvalue weighted by Crippen LogP contribution is -2.33. The molecule has 0 aliphatic carbocycles. The summed E-state index contributed by atoms with van der Waals surface area (Å²) in [5.74, 6) is 1.10. The maximum atomic E-state index is 12.6. The van der Waals surface area contributed by atoms with Crippen LogP contribution in [0, 0.1) is 5.92 Å². The predicted molar refractivity (Wildman–Crippen MR) is 94.4 cm³/mol. The monoisotopic (exact) mass is 343 g/mol. The van der Waals surface area contributed by atoms with Gasteiger partial charge in [0, 0.05) is 38.0 Å². The Balaban J connectivity index is 1.77. The van der Waals surface area contributed by atoms with E-state index in [0.717, 1.165) is 5.56 Å². The molecule has 1 saturated heterocycles. The summed E-state index contributed by atoms with van der Waals surface area (Å²) in [5.41, 5.74) is 1.11. The highest BCUT2D eigenvalue weighted by Crippen LogP contribution is 2.31. The van der Waals surface area contributed by atoms with Gasteiger partial charge in [-0.2, -0.15) is 5.10 Å². The molecule has 1 aliphatic rings. The van der Waals surface area contributed by atoms with Crippen LogP contribution in [0.3, 0.4) is 0 Å². The lowest BCUT2D eigenvalue weighted by molar-refractivity contribution is -0.130. The van der Waals surface area contributed by atoms with E-state index in [2.05, 4.69) is 17.2 Å². The minimum Gasteiger partial charge on any atom is -0.333 e. The predicted octanol–water partition coefficient (Wildman–Crippen LogP) is 2.75. The van der Waals surface area contributed by atoms with E-state index < -0.39 is 0 Å². The third-order valence-corrected chi connectivity index (χ3v) is 5.29. The van der Waals surface area contributed by atoms with Gasteiger partial charge in [0.15, 0.2) is 5.12 Å². The first-order valence-electron chi connectivity index (χ1n) is 8.08. The van der Waals surface area contributed by atoms with Crippen molar-refractivity contribution in [1.82, 2.24) is 14.7 Å². The molecule has 0 spiro atoms. The molecule has 1 aromatic heterocycles. The number of hydrogen-bond acceptors (Lipinski definition) is 4. The zero-order valence-electron chi connectivity index (χ0n) is 13.7. The van der Waals surface area contributed by atoms with Gasteiger partial charge in [0.05, 0.1) is 12.6 Å². The molecule has 24 heavy (non-hydrogen) atoms. The highest BCUT2D eigenvalue weighted by atomic mass is 32.2. The molecule has 1 aliphatic heterocycles. The van der Waals surface area contributed by atoms with Crippen LogP contribution < -0.4 is 0 Å². The third kappa shape index (κ3) is 4.06. The van der Waals surface area contributed by atoms with Gasteiger partial charge < -0.3 is 4.90 Å². The van der Waals surface area contributed by atoms with Crippen LogP contribution in [0.4, 0.5) is 0 Å². The van der Waals surface area contributed by atoms with Crippen molar-refractivity contribution in [3.05, 3.63) is 54.4 Å². The topological polar surface area (TPSA) is 55.2 Å². The van der Waals surface area contributed by atoms with Crippen molar-refractivity contribution < 1.29 is 9.59 Å². The van der Waals surface area contributed by atoms with Crippen LogP contribution in [0.5, 0.6) is 0 Å². The molecule has 3 rings (SSSR count). The first-order valence-corrected chi connectivity index (χ1v) is 9.07. The number of amides is 1. The third-order valence-electron chi connectivity index (χ3n) is 4.24. The van der Waals surface area contributed by atoms with E-state index in [-0.39, 0.29) is 23.0 Å². The SMILES string of the molecule is CC(=O)SCC1CC(=O)N(C(Cn2cccn2)c2ccccc2)C1. The van der Waals surface area contributed by atoms with Crippen LogP contribution in [0.1, 0.15) is 24.9 Å². The standard InChI is InChI=1S/C18H21N3O2S/c1-14(22)24-13-15-10-18(23)21(11-15)17(12-20-9-5-8-19-20)16-6-3-2-4-7-16/h2-9,15,17H,10-13H2,1H3. The molecule has 0 bridgehead atoms. The highest BCUT2D eigenvalue weighted by Gasteiger charge is 2.35. The fourth-order valence-corrected chi connectivity index (χ4v) is 3.80. The van der Waals surface area contributed by atoms with Crippen molar-refractivity contribution in [3.8, 4) is 0 Å². The van der Waals surface area contributed by atoms with Gasteiger partial charge in [0.1, 0.15) is 0 Å². The molecule has 6 heteroatoms. The second-order valence-corrected chi connectivity index (χ2v) is 7.27. The Bertz CT molecular complexity index is 688. The summed E-state index contributed by atoms with van der Waals surface area (Å²) in [6.45, 7) is 2.90. The zero-order chi connectivity index (χ0) is 16.9. The van der Waals surface area contributed by atoms with E-state index in [9.17, 15) is 9.59 Å². The number of aromatic nitrogens is 2. The fourth-order valence-electron chi connectivity index (χ4n) is 3.10. The first-order chi connectivity index (χ1) is 11.6. The number of rotatable bonds is 6. The second-order valence-electron chi connectivity index (χ2n) is 6.07. The highest BCUT2D eigenvalue weighted by molar-refractivity contribution is 8.13. The molecular formula is C18H21N3O2S. The Labute approximate surface area is 146 Å². The van der Waals surface area contributed by atoms with Gasteiger partial charge in [-0.3, -0.25) is 14.3 Å². The number of benzene rings is 1. The summed E-state index contributed by atoms with van der Waals surface area (Å²) >= 11 is 1.31. The van der Waals surface area contributed by atoms with Gasteiger partial charge >= 0.3 is 0 Å². The van der Waals surface area contributed by atoms with Crippen molar-refractivity contribution in [2.45, 2.75) is 25.9 Å². The van der Waals surface area contributed by atoms with Crippen molar-refractivity contribution in [1.29, 1.82) is 0 Å². The average Bonchev–Trinajstić information content (AvgIpc) is 3.21. The lowest BCUT2D eigenvalue weighted by Gasteiger charge is -2.28. The summed E-state index contributed by atoms with van der Waals surface area (Å²) < 4.78 is 1.86. The van der Waals surface area contributed by atoms with Crippen LogP contribution in [0.2, 0.25) is 0 Å². The molecule has 2 atom stereocenters. The van der Waals surface area contributed by atoms with E-state index in [1.807, 2.05) is 40.0 Å². The molecule has 1 aromatic carbocycles. The van der Waals surface area contributed by atoms with E-state index in [1.54, 1.807) is 13.1 Å². The van der Waals surface area contributed by atoms with E-state index in [0.29, 0.717) is 25.3 Å². The van der Waals surface area contributed by atoms with Gasteiger partial charge in [-0.25, -0.2) is 0 Å². The Morgan fingerprint density at radius 1 is 1.33 bits per heavy atom. The maximum Gasteiger partial charge on any atom is 0.223 e. The number of carbonyl (C=O) groups excluding carboxylic acids is 2. The summed E-state index contributed by atoms with van der Waals surface area (Å²) in [6, 6.07) is 11.9. The van der Waals surface area contributed by atoms with Gasteiger partial charge in [-0.15, -0.1) is 0 Å². The number of carbonyl (C=O) groups is 2. The molecule has 1 amide bonds. The molecule has 0 saturated carbocycles. The Hall–Kier alpha value is -2.08. The average molecular weight is 343 g/mol. The van der Waals surface area contributed by atoms with Gasteiger partial charge in [-0.05, 0) is 17.5 Å². The summed E-state index contributed by atoms with van der Waals surface area (Å²) in [5, 5.41) is 4.39. The molecule has 0 N–H and O–H groups in total. The van der Waals surface area contributed by atoms with Crippen LogP contribution in [-0.2, 0) is 16.1 Å². The molecule has 0 radical (unpaired) electrons. The molecule has 2 heterocycles. The summed E-state index contributed by atoms with van der Waals surface area (Å²) in [7, 11) is 0. The van der Waals surface area contributed by atoms with Gasteiger partial charge in [0.2, 0.25) is 5.91 Å². The Morgan fingerprint density at radius 2 is 2.12 bits per heavy atom. The molecule has 2 aromatic rings. The van der Waals surface area contributed by atoms with Crippen molar-refractivity contribution in [3.63, 3.8) is 0 Å². The number of hydrogen-bond donors (Lipinski definition) is 0. The Kier molecular flexibility index (Phi) is 5.35. The molecule has 2 unspecified atom stereocenters. The van der Waals surface area contributed by atoms with Gasteiger partial charge in [-0.1, -0.05) is 42.1 Å². The van der Waals surface area contributed by atoms with E-state index >= 15 is 0 Å². The quantitative estimate of drug-likeness (QED) is 0.809. The minimum absolute atomic E-state index is 0.0362. The van der Waals surface area contributed by atoms with Crippen LogP contribution >= 0.6 is 11.8 Å². The normalized spacial score (nSPS) is 18.8. The lowest BCUT2D eigenvalue weighted by atomic mass is 10.1. The van der Waals surface area contributed by atoms with Crippen molar-refractivity contribution in [2.24, 2.45) is 5.92 Å². The maximum absolute atomic E-state index is 12.6. The van der Waals surface area contributed by atoms with E-state index in [4.69, 9.17) is 0 Å². The smallest absolute Gasteiger partial charge is 0.223 e.